The molecule has 2 aromatic carbocycles. The molecule has 1 aliphatic rings. The first-order valence-electron chi connectivity index (χ1n) is 9.37. The Balaban J connectivity index is 1.60. The molecule has 1 aliphatic heterocycles. The predicted octanol–water partition coefficient (Wildman–Crippen LogP) is 2.73. The fourth-order valence-corrected chi connectivity index (χ4v) is 3.52. The van der Waals surface area contributed by atoms with E-state index in [-0.39, 0.29) is 30.6 Å². The normalized spacial score (nSPS) is 16.6. The Morgan fingerprint density at radius 1 is 1.14 bits per heavy atom. The minimum atomic E-state index is -1.04. The molecule has 0 spiro atoms. The molecule has 2 aromatic rings. The first kappa shape index (κ1) is 19.6. The van der Waals surface area contributed by atoms with Gasteiger partial charge in [-0.2, -0.15) is 0 Å². The number of carboxylic acids is 1. The number of benzene rings is 2. The lowest BCUT2D eigenvalue weighted by molar-refractivity contribution is -0.149. The van der Waals surface area contributed by atoms with Gasteiger partial charge in [-0.1, -0.05) is 48.5 Å². The lowest BCUT2D eigenvalue weighted by Crippen LogP contribution is -2.44. The first-order valence-corrected chi connectivity index (χ1v) is 9.37. The third-order valence-electron chi connectivity index (χ3n) is 5.24. The first-order chi connectivity index (χ1) is 13.5. The number of rotatable bonds is 7. The number of amides is 2. The zero-order chi connectivity index (χ0) is 20.1. The minimum absolute atomic E-state index is 0.0896. The highest BCUT2D eigenvalue weighted by molar-refractivity contribution is 5.96. The summed E-state index contributed by atoms with van der Waals surface area (Å²) in [5.41, 5.74) is 2.74. The number of hydrogen-bond donors (Lipinski definition) is 2. The highest BCUT2D eigenvalue weighted by Gasteiger charge is 2.30. The molecule has 1 heterocycles. The Morgan fingerprint density at radius 2 is 1.82 bits per heavy atom. The summed E-state index contributed by atoms with van der Waals surface area (Å²) in [6.45, 7) is 0. The smallest absolute Gasteiger partial charge is 0.326 e. The molecular formula is C22H24N2O4. The van der Waals surface area contributed by atoms with Crippen molar-refractivity contribution in [2.45, 2.75) is 31.7 Å². The SMILES string of the molecule is CN(C(=O)CCC1Cc2ccccc2NC1=O)C(Cc1ccccc1)C(=O)O. The van der Waals surface area contributed by atoms with Gasteiger partial charge in [0.25, 0.3) is 0 Å². The number of aliphatic carboxylic acids is 1. The number of carbonyl (C=O) groups excluding carboxylic acids is 2. The molecule has 2 N–H and O–H groups in total. The fraction of sp³-hybridized carbons (Fsp3) is 0.318. The lowest BCUT2D eigenvalue weighted by atomic mass is 9.89. The van der Waals surface area contributed by atoms with E-state index in [1.54, 1.807) is 0 Å². The number of carbonyl (C=O) groups is 3. The summed E-state index contributed by atoms with van der Waals surface area (Å²) in [7, 11) is 1.51. The van der Waals surface area contributed by atoms with E-state index in [1.165, 1.54) is 11.9 Å². The average Bonchev–Trinajstić information content (AvgIpc) is 2.70. The van der Waals surface area contributed by atoms with Crippen molar-refractivity contribution in [1.82, 2.24) is 4.90 Å². The molecule has 0 aromatic heterocycles. The molecule has 0 saturated heterocycles. The van der Waals surface area contributed by atoms with Crippen LogP contribution in [0.2, 0.25) is 0 Å². The summed E-state index contributed by atoms with van der Waals surface area (Å²) < 4.78 is 0. The number of hydrogen-bond acceptors (Lipinski definition) is 3. The second-order valence-electron chi connectivity index (χ2n) is 7.13. The summed E-state index contributed by atoms with van der Waals surface area (Å²) in [6.07, 6.45) is 1.36. The van der Waals surface area contributed by atoms with Gasteiger partial charge in [0.05, 0.1) is 0 Å². The number of carboxylic acid groups (broad SMARTS) is 1. The van der Waals surface area contributed by atoms with Gasteiger partial charge >= 0.3 is 5.97 Å². The van der Waals surface area contributed by atoms with E-state index in [1.807, 2.05) is 54.6 Å². The highest BCUT2D eigenvalue weighted by Crippen LogP contribution is 2.27. The molecule has 3 rings (SSSR count). The molecule has 0 bridgehead atoms. The topological polar surface area (TPSA) is 86.7 Å². The second kappa shape index (κ2) is 8.69. The van der Waals surface area contributed by atoms with Crippen LogP contribution < -0.4 is 5.32 Å². The molecule has 146 valence electrons. The van der Waals surface area contributed by atoms with Crippen molar-refractivity contribution < 1.29 is 19.5 Å². The third-order valence-corrected chi connectivity index (χ3v) is 5.24. The molecule has 28 heavy (non-hydrogen) atoms. The Bertz CT molecular complexity index is 866. The van der Waals surface area contributed by atoms with Crippen molar-refractivity contribution in [2.75, 3.05) is 12.4 Å². The van der Waals surface area contributed by atoms with Crippen LogP contribution >= 0.6 is 0 Å². The van der Waals surface area contributed by atoms with E-state index >= 15 is 0 Å². The number of nitrogens with zero attached hydrogens (tertiary/aromatic N) is 1. The van der Waals surface area contributed by atoms with Crippen LogP contribution in [0.5, 0.6) is 0 Å². The van der Waals surface area contributed by atoms with Gasteiger partial charge in [-0.3, -0.25) is 9.59 Å². The molecular weight excluding hydrogens is 356 g/mol. The van der Waals surface area contributed by atoms with Gasteiger partial charge in [0.2, 0.25) is 11.8 Å². The quantitative estimate of drug-likeness (QED) is 0.773. The van der Waals surface area contributed by atoms with E-state index in [2.05, 4.69) is 5.32 Å². The van der Waals surface area contributed by atoms with Crippen molar-refractivity contribution >= 4 is 23.5 Å². The predicted molar refractivity (Wildman–Crippen MR) is 106 cm³/mol. The van der Waals surface area contributed by atoms with Crippen LogP contribution in [-0.2, 0) is 27.2 Å². The van der Waals surface area contributed by atoms with E-state index in [4.69, 9.17) is 0 Å². The second-order valence-corrected chi connectivity index (χ2v) is 7.13. The van der Waals surface area contributed by atoms with Crippen molar-refractivity contribution in [1.29, 1.82) is 0 Å². The Kier molecular flexibility index (Phi) is 6.09. The summed E-state index contributed by atoms with van der Waals surface area (Å²) in [5, 5.41) is 12.4. The van der Waals surface area contributed by atoms with Crippen LogP contribution in [0.3, 0.4) is 0 Å². The van der Waals surface area contributed by atoms with Crippen LogP contribution in [0, 0.1) is 5.92 Å². The van der Waals surface area contributed by atoms with Crippen LogP contribution in [-0.4, -0.2) is 40.9 Å². The molecule has 6 heteroatoms. The molecule has 0 fully saturated rings. The van der Waals surface area contributed by atoms with Gasteiger partial charge in [0, 0.05) is 31.5 Å². The third kappa shape index (κ3) is 4.57. The molecule has 2 unspecified atom stereocenters. The van der Waals surface area contributed by atoms with Crippen LogP contribution in [0.15, 0.2) is 54.6 Å². The Morgan fingerprint density at radius 3 is 2.54 bits per heavy atom. The van der Waals surface area contributed by atoms with Crippen molar-refractivity contribution in [3.05, 3.63) is 65.7 Å². The number of para-hydroxylation sites is 1. The average molecular weight is 380 g/mol. The van der Waals surface area contributed by atoms with Crippen molar-refractivity contribution in [3.63, 3.8) is 0 Å². The molecule has 2 amide bonds. The van der Waals surface area contributed by atoms with Gasteiger partial charge in [-0.25, -0.2) is 4.79 Å². The monoisotopic (exact) mass is 380 g/mol. The van der Waals surface area contributed by atoms with Gasteiger partial charge in [-0.15, -0.1) is 0 Å². The molecule has 0 aliphatic carbocycles. The zero-order valence-corrected chi connectivity index (χ0v) is 15.8. The maximum absolute atomic E-state index is 12.6. The van der Waals surface area contributed by atoms with Crippen LogP contribution in [0.1, 0.15) is 24.0 Å². The summed E-state index contributed by atoms with van der Waals surface area (Å²) >= 11 is 0. The lowest BCUT2D eigenvalue weighted by Gasteiger charge is -2.27. The Hall–Kier alpha value is -3.15. The Labute approximate surface area is 164 Å². The molecule has 2 atom stereocenters. The van der Waals surface area contributed by atoms with Crippen LogP contribution in [0.25, 0.3) is 0 Å². The molecule has 0 saturated carbocycles. The standard InChI is InChI=1S/C22H24N2O4/c1-24(19(22(27)28)13-15-7-3-2-4-8-15)20(25)12-11-17-14-16-9-5-6-10-18(16)23-21(17)26/h2-10,17,19H,11-14H2,1H3,(H,23,26)(H,27,28). The van der Waals surface area contributed by atoms with Crippen LogP contribution in [0.4, 0.5) is 5.69 Å². The number of fused-ring (bicyclic) bond motifs is 1. The van der Waals surface area contributed by atoms with Gasteiger partial charge in [0.1, 0.15) is 6.04 Å². The van der Waals surface area contributed by atoms with E-state index in [0.717, 1.165) is 16.8 Å². The molecule has 0 radical (unpaired) electrons. The summed E-state index contributed by atoms with van der Waals surface area (Å²) in [6, 6.07) is 15.9. The maximum atomic E-state index is 12.6. The van der Waals surface area contributed by atoms with Gasteiger partial charge in [0.15, 0.2) is 0 Å². The number of likely N-dealkylation sites (N-methyl/N-ethyl adjacent to an activating group) is 1. The van der Waals surface area contributed by atoms with Crippen molar-refractivity contribution in [3.8, 4) is 0 Å². The molecule has 6 nitrogen and oxygen atoms in total. The zero-order valence-electron chi connectivity index (χ0n) is 15.8. The van der Waals surface area contributed by atoms with E-state index < -0.39 is 12.0 Å². The van der Waals surface area contributed by atoms with Gasteiger partial charge in [-0.05, 0) is 30.0 Å². The van der Waals surface area contributed by atoms with E-state index in [0.29, 0.717) is 12.8 Å². The van der Waals surface area contributed by atoms with Gasteiger partial charge < -0.3 is 15.3 Å². The number of nitrogens with one attached hydrogen (secondary N) is 1. The van der Waals surface area contributed by atoms with E-state index in [9.17, 15) is 19.5 Å². The maximum Gasteiger partial charge on any atom is 0.326 e. The largest absolute Gasteiger partial charge is 0.480 e. The summed E-state index contributed by atoms with van der Waals surface area (Å²) in [5.74, 6) is -1.68. The summed E-state index contributed by atoms with van der Waals surface area (Å²) in [4.78, 5) is 37.9. The number of anilines is 1. The fourth-order valence-electron chi connectivity index (χ4n) is 3.52. The minimum Gasteiger partial charge on any atom is -0.480 e. The highest BCUT2D eigenvalue weighted by atomic mass is 16.4. The van der Waals surface area contributed by atoms with Crippen molar-refractivity contribution in [2.24, 2.45) is 5.92 Å².